The van der Waals surface area contributed by atoms with Gasteiger partial charge >= 0.3 is 0 Å². The van der Waals surface area contributed by atoms with Crippen molar-refractivity contribution in [2.45, 2.75) is 19.3 Å². The molecule has 0 fully saturated rings. The van der Waals surface area contributed by atoms with Gasteiger partial charge in [0.25, 0.3) is 0 Å². The van der Waals surface area contributed by atoms with E-state index in [-0.39, 0.29) is 17.1 Å². The third kappa shape index (κ3) is 6.50. The zero-order chi connectivity index (χ0) is 23.7. The average molecular weight is 529 g/mol. The van der Waals surface area contributed by atoms with Crippen molar-refractivity contribution in [1.29, 1.82) is 0 Å². The van der Waals surface area contributed by atoms with Gasteiger partial charge in [-0.3, -0.25) is 4.98 Å². The molecule has 6 rings (SSSR count). The van der Waals surface area contributed by atoms with Crippen LogP contribution >= 0.6 is 7.92 Å². The Morgan fingerprint density at radius 1 is 0.806 bits per heavy atom. The van der Waals surface area contributed by atoms with Gasteiger partial charge in [0.05, 0.1) is 5.69 Å². The van der Waals surface area contributed by atoms with E-state index in [4.69, 9.17) is 9.40 Å². The summed E-state index contributed by atoms with van der Waals surface area (Å²) in [4.78, 5) is 4.85. The van der Waals surface area contributed by atoms with Crippen molar-refractivity contribution in [1.82, 2.24) is 4.98 Å². The predicted molar refractivity (Wildman–Crippen MR) is 148 cm³/mol. The van der Waals surface area contributed by atoms with Gasteiger partial charge in [-0.2, -0.15) is 12.1 Å². The summed E-state index contributed by atoms with van der Waals surface area (Å²) < 4.78 is 5.96. The molecule has 4 heteroatoms. The molecule has 0 N–H and O–H groups in total. The zero-order valence-electron chi connectivity index (χ0n) is 20.0. The van der Waals surface area contributed by atoms with Gasteiger partial charge in [0, 0.05) is 23.5 Å². The summed E-state index contributed by atoms with van der Waals surface area (Å²) in [6, 6.07) is 38.0. The number of benzene rings is 2. The molecular formula is C32H28FeNOP-6. The first-order valence-electron chi connectivity index (χ1n) is 12.0. The molecule has 5 aromatic rings. The van der Waals surface area contributed by atoms with Crippen LogP contribution in [0, 0.1) is 0 Å². The van der Waals surface area contributed by atoms with E-state index in [1.807, 2.05) is 36.6 Å². The number of nitrogens with zero attached hydrogens (tertiary/aromatic N) is 1. The molecule has 1 aliphatic carbocycles. The summed E-state index contributed by atoms with van der Waals surface area (Å²) in [5.41, 5.74) is 3.39. The molecule has 0 spiro atoms. The van der Waals surface area contributed by atoms with E-state index < -0.39 is 7.92 Å². The zero-order valence-corrected chi connectivity index (χ0v) is 22.0. The Balaban J connectivity index is 0.000000455. The second-order valence-corrected chi connectivity index (χ2v) is 10.6. The van der Waals surface area contributed by atoms with Crippen LogP contribution in [0.2, 0.25) is 0 Å². The fourth-order valence-electron chi connectivity index (χ4n) is 4.21. The van der Waals surface area contributed by atoms with E-state index >= 15 is 0 Å². The van der Waals surface area contributed by atoms with E-state index in [1.54, 1.807) is 0 Å². The maximum atomic E-state index is 5.96. The van der Waals surface area contributed by atoms with Crippen molar-refractivity contribution in [3.63, 3.8) is 0 Å². The van der Waals surface area contributed by atoms with Gasteiger partial charge in [-0.15, -0.1) is 6.07 Å². The number of hydrogen-bond acceptors (Lipinski definition) is 2. The first-order valence-corrected chi connectivity index (χ1v) is 13.4. The van der Waals surface area contributed by atoms with Crippen LogP contribution in [0.4, 0.5) is 0 Å². The van der Waals surface area contributed by atoms with Crippen LogP contribution in [0.25, 0.3) is 11.5 Å². The summed E-state index contributed by atoms with van der Waals surface area (Å²) in [7, 11) is -0.683. The molecule has 36 heavy (non-hydrogen) atoms. The van der Waals surface area contributed by atoms with Crippen molar-refractivity contribution in [3.8, 4) is 11.5 Å². The molecule has 1 aromatic heterocycles. The Labute approximate surface area is 225 Å². The van der Waals surface area contributed by atoms with E-state index in [1.165, 1.54) is 21.5 Å². The van der Waals surface area contributed by atoms with Crippen molar-refractivity contribution < 1.29 is 21.5 Å². The first-order chi connectivity index (χ1) is 17.4. The van der Waals surface area contributed by atoms with Gasteiger partial charge in [-0.1, -0.05) is 97.7 Å². The van der Waals surface area contributed by atoms with Crippen LogP contribution in [-0.4, -0.2) is 4.98 Å². The van der Waals surface area contributed by atoms with E-state index in [0.717, 1.165) is 30.5 Å². The van der Waals surface area contributed by atoms with Crippen LogP contribution in [-0.2, 0) is 23.5 Å². The van der Waals surface area contributed by atoms with Crippen LogP contribution in [0.5, 0.6) is 0 Å². The largest absolute Gasteiger partial charge is 0.748 e. The number of allylic oxidation sites excluding steroid dienone is 4. The molecule has 0 saturated heterocycles. The monoisotopic (exact) mass is 529 g/mol. The molecule has 0 unspecified atom stereocenters. The Kier molecular flexibility index (Phi) is 9.47. The molecule has 0 amide bonds. The standard InChI is InChI=1S/C27H23NOP.C5H5.Fe/c1-4-11-21(12-5-1)19-22-20-29-27(28-22)25-17-10-18-26(25)30(23-13-6-2-7-14-23)24-15-8-3-9-16-24;1-2-4-5-3-1;/h2-4,6-18,20H,1,5,19H2;1-5H;/q-1;-5;. The molecular weight excluding hydrogens is 501 g/mol. The Hall–Kier alpha value is -3.22. The molecule has 4 aromatic carbocycles. The molecule has 0 radical (unpaired) electrons. The number of rotatable bonds is 6. The Morgan fingerprint density at radius 2 is 1.44 bits per heavy atom. The summed E-state index contributed by atoms with van der Waals surface area (Å²) in [5, 5.41) is 3.94. The molecule has 0 aliphatic heterocycles. The van der Waals surface area contributed by atoms with Crippen molar-refractivity contribution in [2.75, 3.05) is 0 Å². The van der Waals surface area contributed by atoms with E-state index in [9.17, 15) is 0 Å². The minimum absolute atomic E-state index is 0. The minimum atomic E-state index is -0.683. The number of aromatic nitrogens is 1. The quantitative estimate of drug-likeness (QED) is 0.134. The Morgan fingerprint density at radius 3 is 2.03 bits per heavy atom. The SMILES string of the molecule is C1=CC(Cc2coc(-c3ccc[c-]3P(c3ccccc3)c3ccccc3)n2)=CCC1.[Fe].[cH-]1[cH-][cH-][cH-][cH-]1. The average Bonchev–Trinajstić information content (AvgIpc) is 3.71. The summed E-state index contributed by atoms with van der Waals surface area (Å²) in [6.45, 7) is 0. The molecule has 186 valence electrons. The molecule has 0 atom stereocenters. The Bertz CT molecular complexity index is 1310. The van der Waals surface area contributed by atoms with Crippen molar-refractivity contribution >= 4 is 23.8 Å². The third-order valence-electron chi connectivity index (χ3n) is 5.86. The van der Waals surface area contributed by atoms with Crippen molar-refractivity contribution in [2.24, 2.45) is 0 Å². The predicted octanol–water partition coefficient (Wildman–Crippen LogP) is 7.04. The first kappa shape index (κ1) is 25.9. The van der Waals surface area contributed by atoms with Gasteiger partial charge in [-0.25, -0.2) is 0 Å². The molecule has 2 nitrogen and oxygen atoms in total. The van der Waals surface area contributed by atoms with E-state index in [0.29, 0.717) is 5.89 Å². The molecule has 1 aliphatic rings. The van der Waals surface area contributed by atoms with Gasteiger partial charge in [0.15, 0.2) is 0 Å². The minimum Gasteiger partial charge on any atom is -0.748 e. The maximum absolute atomic E-state index is 5.96. The second-order valence-electron chi connectivity index (χ2n) is 8.37. The maximum Gasteiger partial charge on any atom is 0.140 e. The van der Waals surface area contributed by atoms with E-state index in [2.05, 4.69) is 97.1 Å². The smallest absolute Gasteiger partial charge is 0.140 e. The van der Waals surface area contributed by atoms with Gasteiger partial charge in [-0.05, 0) is 29.0 Å². The fraction of sp³-hybridized carbons (Fsp3) is 0.0938. The van der Waals surface area contributed by atoms with Crippen LogP contribution in [0.1, 0.15) is 18.5 Å². The second kappa shape index (κ2) is 13.2. The van der Waals surface area contributed by atoms with Gasteiger partial charge in [0.1, 0.15) is 12.2 Å². The summed E-state index contributed by atoms with van der Waals surface area (Å²) in [6.07, 6.45) is 11.6. The van der Waals surface area contributed by atoms with Gasteiger partial charge in [0.2, 0.25) is 0 Å². The summed E-state index contributed by atoms with van der Waals surface area (Å²) in [5.74, 6) is 0.713. The topological polar surface area (TPSA) is 26.0 Å². The van der Waals surface area contributed by atoms with Crippen LogP contribution < -0.4 is 15.9 Å². The third-order valence-corrected chi connectivity index (χ3v) is 8.36. The number of oxazole rings is 1. The van der Waals surface area contributed by atoms with Crippen molar-refractivity contribution in [3.05, 3.63) is 145 Å². The molecule has 0 saturated carbocycles. The van der Waals surface area contributed by atoms with Crippen LogP contribution in [0.3, 0.4) is 0 Å². The molecule has 1 heterocycles. The van der Waals surface area contributed by atoms with Gasteiger partial charge < -0.3 is 34.7 Å². The summed E-state index contributed by atoms with van der Waals surface area (Å²) >= 11 is 0. The fourth-order valence-corrected chi connectivity index (χ4v) is 6.65. The normalized spacial score (nSPS) is 12.4. The molecule has 0 bridgehead atoms. The number of hydrogen-bond donors (Lipinski definition) is 0. The van der Waals surface area contributed by atoms with Crippen LogP contribution in [0.15, 0.2) is 144 Å².